The molecule has 4 aromatic rings. The number of para-hydroxylation sites is 1. The quantitative estimate of drug-likeness (QED) is 0.395. The highest BCUT2D eigenvalue weighted by Crippen LogP contribution is 2.34. The summed E-state index contributed by atoms with van der Waals surface area (Å²) in [7, 11) is -1.78. The lowest BCUT2D eigenvalue weighted by atomic mass is 10.0. The van der Waals surface area contributed by atoms with Crippen LogP contribution in [0.4, 0.5) is 0 Å². The summed E-state index contributed by atoms with van der Waals surface area (Å²) in [6.07, 6.45) is 0.453. The third-order valence-electron chi connectivity index (χ3n) is 4.94. The Bertz CT molecular complexity index is 1260. The molecule has 0 aliphatic carbocycles. The number of pyridine rings is 2. The zero-order valence-corrected chi connectivity index (χ0v) is 18.4. The van der Waals surface area contributed by atoms with Crippen LogP contribution in [-0.2, 0) is 6.37 Å². The van der Waals surface area contributed by atoms with Crippen LogP contribution in [0.2, 0.25) is 19.6 Å². The van der Waals surface area contributed by atoms with E-state index in [-0.39, 0.29) is 5.92 Å². The third-order valence-corrected chi connectivity index (χ3v) is 6.95. The van der Waals surface area contributed by atoms with Crippen LogP contribution in [-0.4, -0.2) is 18.0 Å². The summed E-state index contributed by atoms with van der Waals surface area (Å²) < 4.78 is 23.8. The van der Waals surface area contributed by atoms with E-state index in [4.69, 9.17) is 12.1 Å². The first-order chi connectivity index (χ1) is 14.0. The summed E-state index contributed by atoms with van der Waals surface area (Å²) in [6.45, 7) is 12.5. The van der Waals surface area contributed by atoms with Crippen LogP contribution in [0.25, 0.3) is 33.3 Å². The predicted octanol–water partition coefficient (Wildman–Crippen LogP) is 6.10. The molecule has 1 aromatic carbocycles. The fourth-order valence-electron chi connectivity index (χ4n) is 3.60. The van der Waals surface area contributed by atoms with Gasteiger partial charge in [-0.05, 0) is 54.2 Å². The smallest absolute Gasteiger partial charge is 0.227 e. The van der Waals surface area contributed by atoms with Crippen LogP contribution in [0.1, 0.15) is 27.8 Å². The Morgan fingerprint density at radius 3 is 2.61 bits per heavy atom. The Labute approximate surface area is 170 Å². The molecule has 4 heteroatoms. The number of hydrogen-bond acceptors (Lipinski definition) is 3. The van der Waals surface area contributed by atoms with Gasteiger partial charge in [0.15, 0.2) is 0 Å². The van der Waals surface area contributed by atoms with Crippen LogP contribution >= 0.6 is 0 Å². The summed E-state index contributed by atoms with van der Waals surface area (Å²) in [5.41, 5.74) is 4.63. The fraction of sp³-hybridized carbons (Fsp3) is 0.333. The highest BCUT2D eigenvalue weighted by atomic mass is 28.3. The van der Waals surface area contributed by atoms with Crippen molar-refractivity contribution in [3.63, 3.8) is 0 Å². The van der Waals surface area contributed by atoms with Gasteiger partial charge in [0.05, 0.1) is 13.8 Å². The summed E-state index contributed by atoms with van der Waals surface area (Å²) in [5.74, 6) is -0.142. The lowest BCUT2D eigenvalue weighted by Crippen LogP contribution is -2.40. The summed E-state index contributed by atoms with van der Waals surface area (Å²) >= 11 is 0. The standard InChI is InChI=1S/C24H28N2OSi/c1-15(2)12-17-13-21(25-14-22(17)28(4,5)6)20-9-7-8-18-19-11-10-16(3)26-24(19)27-23(18)20/h7-11,13-15H,12H2,1-6H3/i12D2. The average Bonchev–Trinajstić information content (AvgIpc) is 3.04. The second-order valence-electron chi connectivity index (χ2n) is 8.75. The first-order valence-electron chi connectivity index (χ1n) is 10.8. The van der Waals surface area contributed by atoms with Gasteiger partial charge in [-0.1, -0.05) is 45.6 Å². The highest BCUT2D eigenvalue weighted by Gasteiger charge is 2.22. The van der Waals surface area contributed by atoms with E-state index >= 15 is 0 Å². The van der Waals surface area contributed by atoms with Crippen molar-refractivity contribution in [1.82, 2.24) is 9.97 Å². The van der Waals surface area contributed by atoms with E-state index in [1.807, 2.05) is 63.4 Å². The van der Waals surface area contributed by atoms with Gasteiger partial charge in [-0.25, -0.2) is 4.98 Å². The molecule has 144 valence electrons. The fourth-order valence-corrected chi connectivity index (χ4v) is 5.01. The molecule has 0 N–H and O–H groups in total. The molecule has 0 saturated heterocycles. The molecule has 4 rings (SSSR count). The second kappa shape index (κ2) is 6.85. The van der Waals surface area contributed by atoms with Crippen LogP contribution in [0.5, 0.6) is 0 Å². The zero-order chi connectivity index (χ0) is 21.8. The number of aryl methyl sites for hydroxylation is 1. The molecule has 0 bridgehead atoms. The van der Waals surface area contributed by atoms with Gasteiger partial charge in [-0.15, -0.1) is 0 Å². The highest BCUT2D eigenvalue weighted by molar-refractivity contribution is 6.89. The van der Waals surface area contributed by atoms with E-state index in [1.165, 1.54) is 0 Å². The van der Waals surface area contributed by atoms with Gasteiger partial charge in [0, 0.05) is 31.0 Å². The SMILES string of the molecule is [2H]C([2H])(c1cc(-c2cccc3c2oc2nc(C)ccc23)ncc1[Si](C)(C)C)C(C)C. The minimum atomic E-state index is -1.78. The van der Waals surface area contributed by atoms with E-state index in [0.717, 1.165) is 44.1 Å². The predicted molar refractivity (Wildman–Crippen MR) is 121 cm³/mol. The molecular formula is C24H28N2OSi. The maximum atomic E-state index is 8.80. The van der Waals surface area contributed by atoms with Gasteiger partial charge in [-0.2, -0.15) is 0 Å². The summed E-state index contributed by atoms with van der Waals surface area (Å²) in [5, 5.41) is 3.05. The molecule has 0 aliphatic heterocycles. The third kappa shape index (κ3) is 3.37. The topological polar surface area (TPSA) is 38.9 Å². The maximum absolute atomic E-state index is 8.80. The Morgan fingerprint density at radius 2 is 1.89 bits per heavy atom. The lowest BCUT2D eigenvalue weighted by Gasteiger charge is -2.22. The second-order valence-corrected chi connectivity index (χ2v) is 13.8. The summed E-state index contributed by atoms with van der Waals surface area (Å²) in [6, 6.07) is 12.0. The minimum absolute atomic E-state index is 0.142. The van der Waals surface area contributed by atoms with Crippen molar-refractivity contribution in [2.45, 2.75) is 46.8 Å². The number of rotatable bonds is 4. The molecule has 0 atom stereocenters. The molecule has 0 spiro atoms. The maximum Gasteiger partial charge on any atom is 0.227 e. The van der Waals surface area contributed by atoms with Crippen LogP contribution < -0.4 is 5.19 Å². The number of aromatic nitrogens is 2. The number of benzene rings is 1. The molecule has 0 radical (unpaired) electrons. The normalized spacial score (nSPS) is 14.0. The van der Waals surface area contributed by atoms with Crippen molar-refractivity contribution in [2.24, 2.45) is 5.92 Å². The number of furan rings is 1. The Balaban J connectivity index is 1.99. The lowest BCUT2D eigenvalue weighted by molar-refractivity contribution is 0.648. The Hall–Kier alpha value is -2.46. The van der Waals surface area contributed by atoms with Crippen molar-refractivity contribution in [1.29, 1.82) is 0 Å². The number of nitrogens with zero attached hydrogens (tertiary/aromatic N) is 2. The number of fused-ring (bicyclic) bond motifs is 3. The minimum Gasteiger partial charge on any atom is -0.437 e. The molecule has 0 fully saturated rings. The van der Waals surface area contributed by atoms with E-state index in [9.17, 15) is 0 Å². The van der Waals surface area contributed by atoms with Crippen LogP contribution in [0.15, 0.2) is 47.0 Å². The molecule has 0 unspecified atom stereocenters. The van der Waals surface area contributed by atoms with Crippen LogP contribution in [0, 0.1) is 12.8 Å². The van der Waals surface area contributed by atoms with Crippen LogP contribution in [0.3, 0.4) is 0 Å². The van der Waals surface area contributed by atoms with Gasteiger partial charge in [0.1, 0.15) is 5.58 Å². The summed E-state index contributed by atoms with van der Waals surface area (Å²) in [4.78, 5) is 9.31. The molecule has 3 heterocycles. The Morgan fingerprint density at radius 1 is 1.11 bits per heavy atom. The molecular weight excluding hydrogens is 360 g/mol. The largest absolute Gasteiger partial charge is 0.437 e. The van der Waals surface area contributed by atoms with Gasteiger partial charge in [0.25, 0.3) is 0 Å². The van der Waals surface area contributed by atoms with E-state index < -0.39 is 14.4 Å². The Kier molecular flexibility index (Phi) is 4.04. The van der Waals surface area contributed by atoms with Crippen molar-refractivity contribution < 1.29 is 7.16 Å². The molecule has 0 amide bonds. The first kappa shape index (κ1) is 16.5. The number of hydrogen-bond donors (Lipinski definition) is 0. The molecule has 28 heavy (non-hydrogen) atoms. The van der Waals surface area contributed by atoms with Gasteiger partial charge in [-0.3, -0.25) is 4.98 Å². The monoisotopic (exact) mass is 390 g/mol. The molecule has 0 saturated carbocycles. The van der Waals surface area contributed by atoms with Crippen molar-refractivity contribution in [3.8, 4) is 11.3 Å². The average molecular weight is 391 g/mol. The molecule has 3 nitrogen and oxygen atoms in total. The van der Waals surface area contributed by atoms with Crippen molar-refractivity contribution >= 4 is 35.3 Å². The van der Waals surface area contributed by atoms with Gasteiger partial charge < -0.3 is 4.42 Å². The van der Waals surface area contributed by atoms with Gasteiger partial charge in [0.2, 0.25) is 5.71 Å². The zero-order valence-electron chi connectivity index (χ0n) is 19.4. The van der Waals surface area contributed by atoms with E-state index in [0.29, 0.717) is 5.71 Å². The molecule has 3 aromatic heterocycles. The first-order valence-corrected chi connectivity index (χ1v) is 13.3. The van der Waals surface area contributed by atoms with Crippen molar-refractivity contribution in [3.05, 3.63) is 53.9 Å². The van der Waals surface area contributed by atoms with Crippen molar-refractivity contribution in [2.75, 3.05) is 0 Å². The van der Waals surface area contributed by atoms with E-state index in [1.54, 1.807) is 0 Å². The van der Waals surface area contributed by atoms with Gasteiger partial charge >= 0.3 is 0 Å². The molecule has 0 aliphatic rings. The van der Waals surface area contributed by atoms with E-state index in [2.05, 4.69) is 24.6 Å².